The van der Waals surface area contributed by atoms with Gasteiger partial charge in [-0.1, -0.05) is 30.3 Å². The highest BCUT2D eigenvalue weighted by Crippen LogP contribution is 2.35. The molecule has 6 heteroatoms. The monoisotopic (exact) mass is 363 g/mol. The number of hydrogen-bond acceptors (Lipinski definition) is 4. The van der Waals surface area contributed by atoms with Crippen LogP contribution >= 0.6 is 0 Å². The zero-order valence-electron chi connectivity index (χ0n) is 14.6. The van der Waals surface area contributed by atoms with Gasteiger partial charge >= 0.3 is 0 Å². The number of benzene rings is 2. The highest BCUT2D eigenvalue weighted by atomic mass is 19.1. The zero-order chi connectivity index (χ0) is 18.9. The van der Waals surface area contributed by atoms with E-state index in [1.165, 1.54) is 0 Å². The maximum absolute atomic E-state index is 13.5. The van der Waals surface area contributed by atoms with E-state index in [0.29, 0.717) is 25.9 Å². The Morgan fingerprint density at radius 1 is 1.04 bits per heavy atom. The molecule has 4 nitrogen and oxygen atoms in total. The predicted molar refractivity (Wildman–Crippen MR) is 93.6 cm³/mol. The summed E-state index contributed by atoms with van der Waals surface area (Å²) in [6, 6.07) is 11.0. The molecule has 0 saturated carbocycles. The van der Waals surface area contributed by atoms with E-state index in [4.69, 9.17) is 0 Å². The van der Waals surface area contributed by atoms with Crippen LogP contribution in [0.25, 0.3) is 0 Å². The molecule has 0 aliphatic carbocycles. The number of nitrogens with zero attached hydrogens (tertiary/aromatic N) is 1. The van der Waals surface area contributed by atoms with Crippen molar-refractivity contribution in [3.63, 3.8) is 0 Å². The summed E-state index contributed by atoms with van der Waals surface area (Å²) < 4.78 is 27.1. The van der Waals surface area contributed by atoms with E-state index in [-0.39, 0.29) is 5.56 Å². The molecule has 1 aliphatic heterocycles. The van der Waals surface area contributed by atoms with E-state index < -0.39 is 35.1 Å². The van der Waals surface area contributed by atoms with Crippen molar-refractivity contribution in [2.45, 2.75) is 37.5 Å². The van der Waals surface area contributed by atoms with Crippen LogP contribution in [-0.4, -0.2) is 39.4 Å². The minimum atomic E-state index is -1.11. The average Bonchev–Trinajstić information content (AvgIpc) is 2.66. The van der Waals surface area contributed by atoms with Gasteiger partial charge in [-0.2, -0.15) is 0 Å². The van der Waals surface area contributed by atoms with Gasteiger partial charge in [-0.15, -0.1) is 0 Å². The van der Waals surface area contributed by atoms with E-state index in [1.54, 1.807) is 6.92 Å². The number of hydrogen-bond donors (Lipinski definition) is 3. The third kappa shape index (κ3) is 3.58. The number of halogens is 2. The number of aliphatic hydroxyl groups is 2. The van der Waals surface area contributed by atoms with Gasteiger partial charge in [0.05, 0.1) is 11.7 Å². The second kappa shape index (κ2) is 7.31. The largest absolute Gasteiger partial charge is 0.503 e. The van der Waals surface area contributed by atoms with Crippen molar-refractivity contribution >= 4 is 0 Å². The lowest BCUT2D eigenvalue weighted by Gasteiger charge is -2.42. The molecule has 140 valence electrons. The molecular weight excluding hydrogens is 340 g/mol. The molecule has 0 radical (unpaired) electrons. The molecule has 1 aliphatic rings. The van der Waals surface area contributed by atoms with Crippen molar-refractivity contribution in [1.82, 2.24) is 4.90 Å². The third-order valence-electron chi connectivity index (χ3n) is 5.35. The van der Waals surface area contributed by atoms with Gasteiger partial charge in [-0.3, -0.25) is 4.90 Å². The SMILES string of the molecule is CC(C(O)c1cc(F)c(O)c(F)c1)N1CCC(O)(c2ccccc2)CC1. The maximum Gasteiger partial charge on any atom is 0.187 e. The minimum Gasteiger partial charge on any atom is -0.503 e. The molecule has 2 unspecified atom stereocenters. The van der Waals surface area contributed by atoms with Gasteiger partial charge in [0.25, 0.3) is 0 Å². The highest BCUT2D eigenvalue weighted by Gasteiger charge is 2.36. The lowest BCUT2D eigenvalue weighted by Crippen LogP contribution is -2.47. The molecule has 0 amide bonds. The van der Waals surface area contributed by atoms with Gasteiger partial charge in [-0.05, 0) is 43.0 Å². The summed E-state index contributed by atoms with van der Waals surface area (Å²) in [5.41, 5.74) is 0.0452. The average molecular weight is 363 g/mol. The van der Waals surface area contributed by atoms with Crippen molar-refractivity contribution in [1.29, 1.82) is 0 Å². The van der Waals surface area contributed by atoms with Crippen LogP contribution in [0.1, 0.15) is 37.0 Å². The maximum atomic E-state index is 13.5. The van der Waals surface area contributed by atoms with E-state index in [1.807, 2.05) is 35.2 Å². The van der Waals surface area contributed by atoms with Gasteiger partial charge in [0.15, 0.2) is 17.4 Å². The first-order valence-corrected chi connectivity index (χ1v) is 8.70. The number of likely N-dealkylation sites (tertiary alicyclic amines) is 1. The van der Waals surface area contributed by atoms with Gasteiger partial charge in [-0.25, -0.2) is 8.78 Å². The summed E-state index contributed by atoms with van der Waals surface area (Å²) in [7, 11) is 0. The molecule has 2 atom stereocenters. The van der Waals surface area contributed by atoms with Crippen LogP contribution in [0.4, 0.5) is 8.78 Å². The second-order valence-electron chi connectivity index (χ2n) is 6.95. The lowest BCUT2D eigenvalue weighted by molar-refractivity contribution is -0.0502. The zero-order valence-corrected chi connectivity index (χ0v) is 14.6. The topological polar surface area (TPSA) is 63.9 Å². The van der Waals surface area contributed by atoms with Gasteiger partial charge in [0, 0.05) is 19.1 Å². The molecule has 3 N–H and O–H groups in total. The van der Waals surface area contributed by atoms with E-state index >= 15 is 0 Å². The van der Waals surface area contributed by atoms with Crippen LogP contribution in [-0.2, 0) is 5.60 Å². The van der Waals surface area contributed by atoms with Crippen LogP contribution in [0.3, 0.4) is 0 Å². The summed E-state index contributed by atoms with van der Waals surface area (Å²) in [4.78, 5) is 1.99. The van der Waals surface area contributed by atoms with Crippen molar-refractivity contribution in [2.75, 3.05) is 13.1 Å². The Kier molecular flexibility index (Phi) is 5.27. The molecule has 0 aromatic heterocycles. The second-order valence-corrected chi connectivity index (χ2v) is 6.95. The summed E-state index contributed by atoms with van der Waals surface area (Å²) in [6.45, 7) is 2.87. The molecule has 1 heterocycles. The number of rotatable bonds is 4. The van der Waals surface area contributed by atoms with Gasteiger partial charge in [0.1, 0.15) is 0 Å². The highest BCUT2D eigenvalue weighted by molar-refractivity contribution is 5.32. The molecule has 1 saturated heterocycles. The molecule has 26 heavy (non-hydrogen) atoms. The molecule has 1 fully saturated rings. The first-order chi connectivity index (χ1) is 12.3. The van der Waals surface area contributed by atoms with Crippen LogP contribution in [0.5, 0.6) is 5.75 Å². The fourth-order valence-electron chi connectivity index (χ4n) is 3.57. The van der Waals surface area contributed by atoms with Crippen LogP contribution in [0.15, 0.2) is 42.5 Å². The van der Waals surface area contributed by atoms with E-state index in [0.717, 1.165) is 17.7 Å². The molecule has 2 aromatic carbocycles. The molecule has 3 rings (SSSR count). The smallest absolute Gasteiger partial charge is 0.187 e. The van der Waals surface area contributed by atoms with E-state index in [2.05, 4.69) is 0 Å². The van der Waals surface area contributed by atoms with Crippen molar-refractivity contribution in [3.05, 3.63) is 65.2 Å². The Morgan fingerprint density at radius 3 is 2.12 bits per heavy atom. The minimum absolute atomic E-state index is 0.0780. The number of aromatic hydroxyl groups is 1. The van der Waals surface area contributed by atoms with Crippen LogP contribution in [0.2, 0.25) is 0 Å². The van der Waals surface area contributed by atoms with Gasteiger partial charge in [0.2, 0.25) is 0 Å². The van der Waals surface area contributed by atoms with Crippen LogP contribution in [0, 0.1) is 11.6 Å². The third-order valence-corrected chi connectivity index (χ3v) is 5.35. The number of aliphatic hydroxyl groups excluding tert-OH is 1. The molecule has 0 bridgehead atoms. The Balaban J connectivity index is 1.69. The molecule has 0 spiro atoms. The van der Waals surface area contributed by atoms with Crippen LogP contribution < -0.4 is 0 Å². The fourth-order valence-corrected chi connectivity index (χ4v) is 3.57. The standard InChI is InChI=1S/C20H23F2NO3/c1-13(18(24)14-11-16(21)19(25)17(22)12-14)23-9-7-20(26,8-10-23)15-5-3-2-4-6-15/h2-6,11-13,18,24-26H,7-10H2,1H3. The summed E-state index contributed by atoms with van der Waals surface area (Å²) in [6.07, 6.45) is -0.0961. The van der Waals surface area contributed by atoms with Crippen molar-refractivity contribution in [2.24, 2.45) is 0 Å². The summed E-state index contributed by atoms with van der Waals surface area (Å²) >= 11 is 0. The Morgan fingerprint density at radius 2 is 1.58 bits per heavy atom. The Labute approximate surface area is 151 Å². The normalized spacial score (nSPS) is 19.9. The van der Waals surface area contributed by atoms with Crippen molar-refractivity contribution in [3.8, 4) is 5.75 Å². The van der Waals surface area contributed by atoms with Gasteiger partial charge < -0.3 is 15.3 Å². The number of phenolic OH excluding ortho intramolecular Hbond substituents is 1. The Hall–Kier alpha value is -2.02. The molecule has 2 aromatic rings. The first kappa shape index (κ1) is 18.8. The fraction of sp³-hybridized carbons (Fsp3) is 0.400. The Bertz CT molecular complexity index is 738. The first-order valence-electron chi connectivity index (χ1n) is 8.70. The number of phenols is 1. The molecular formula is C20H23F2NO3. The number of piperidine rings is 1. The lowest BCUT2D eigenvalue weighted by atomic mass is 9.83. The predicted octanol–water partition coefficient (Wildman–Crippen LogP) is 3.08. The summed E-state index contributed by atoms with van der Waals surface area (Å²) in [5, 5.41) is 30.6. The quantitative estimate of drug-likeness (QED) is 0.781. The van der Waals surface area contributed by atoms with E-state index in [9.17, 15) is 24.1 Å². The van der Waals surface area contributed by atoms with Crippen molar-refractivity contribution < 1.29 is 24.1 Å². The summed E-state index contributed by atoms with van der Waals surface area (Å²) in [5.74, 6) is -3.23.